The van der Waals surface area contributed by atoms with Crippen molar-refractivity contribution in [2.24, 2.45) is 0 Å². The van der Waals surface area contributed by atoms with Crippen molar-refractivity contribution in [3.8, 4) is 0 Å². The van der Waals surface area contributed by atoms with Crippen molar-refractivity contribution in [1.29, 1.82) is 0 Å². The van der Waals surface area contributed by atoms with Gasteiger partial charge in [-0.15, -0.1) is 0 Å². The molecular formula is C11H18F2N5O13P3. The lowest BCUT2D eigenvalue weighted by atomic mass is 10.0. The average molecular weight is 559 g/mol. The lowest BCUT2D eigenvalue weighted by molar-refractivity contribution is -0.248. The third-order valence-corrected chi connectivity index (χ3v) is 7.73. The summed E-state index contributed by atoms with van der Waals surface area (Å²) >= 11 is 0. The maximum absolute atomic E-state index is 15.2. The van der Waals surface area contributed by atoms with Crippen LogP contribution in [-0.2, 0) is 37.3 Å². The first-order chi connectivity index (χ1) is 15.2. The smallest absolute Gasteiger partial charge is 0.369 e. The van der Waals surface area contributed by atoms with Crippen LogP contribution < -0.4 is 11.3 Å². The first kappa shape index (κ1) is 28.6. The van der Waals surface area contributed by atoms with Gasteiger partial charge >= 0.3 is 23.5 Å². The van der Waals surface area contributed by atoms with E-state index in [0.717, 1.165) is 0 Å². The highest BCUT2D eigenvalue weighted by molar-refractivity contribution is 7.66. The van der Waals surface area contributed by atoms with Crippen LogP contribution in [0.1, 0.15) is 6.92 Å². The van der Waals surface area contributed by atoms with Gasteiger partial charge in [0.1, 0.15) is 6.61 Å². The number of H-pyrrole nitrogens is 1. The summed E-state index contributed by atoms with van der Waals surface area (Å²) in [4.78, 5) is 56.7. The number of phosphoric acid groups is 3. The fourth-order valence-electron chi connectivity index (χ4n) is 2.50. The third kappa shape index (κ3) is 6.51. The van der Waals surface area contributed by atoms with Crippen molar-refractivity contribution in [2.45, 2.75) is 24.7 Å². The molecule has 0 saturated carbocycles. The van der Waals surface area contributed by atoms with Gasteiger partial charge in [-0.05, 0) is 6.92 Å². The summed E-state index contributed by atoms with van der Waals surface area (Å²) in [6.07, 6.45) is -2.51. The van der Waals surface area contributed by atoms with E-state index < -0.39 is 70.5 Å². The molecule has 0 radical (unpaired) electrons. The van der Waals surface area contributed by atoms with Crippen LogP contribution in [0.5, 0.6) is 0 Å². The Bertz CT molecular complexity index is 1260. The number of alkyl halides is 2. The molecule has 0 spiro atoms. The van der Waals surface area contributed by atoms with Crippen molar-refractivity contribution in [2.75, 3.05) is 19.5 Å². The number of imidazole rings is 1. The van der Waals surface area contributed by atoms with E-state index in [2.05, 4.69) is 32.8 Å². The van der Waals surface area contributed by atoms with E-state index >= 15 is 8.78 Å². The fraction of sp³-hybridized carbons (Fsp3) is 0.545. The number of aromatic amines is 1. The number of rotatable bonds is 11. The van der Waals surface area contributed by atoms with E-state index in [-0.39, 0.29) is 0 Å². The van der Waals surface area contributed by atoms with Gasteiger partial charge < -0.3 is 35.2 Å². The quantitative estimate of drug-likeness (QED) is 0.169. The van der Waals surface area contributed by atoms with E-state index in [1.807, 2.05) is 0 Å². The summed E-state index contributed by atoms with van der Waals surface area (Å²) in [6, 6.07) is 0. The minimum atomic E-state index is -5.93. The largest absolute Gasteiger partial charge is 0.490 e. The number of phosphoric ester groups is 1. The Morgan fingerprint density at radius 2 is 1.82 bits per heavy atom. The predicted octanol–water partition coefficient (Wildman–Crippen LogP) is -0.640. The van der Waals surface area contributed by atoms with E-state index in [4.69, 9.17) is 20.4 Å². The predicted molar refractivity (Wildman–Crippen MR) is 104 cm³/mol. The number of aliphatic hydroxyl groups is 1. The van der Waals surface area contributed by atoms with Crippen LogP contribution in [-0.4, -0.2) is 69.9 Å². The molecule has 2 unspecified atom stereocenters. The molecule has 8 N–H and O–H groups in total. The molecule has 0 saturated heterocycles. The van der Waals surface area contributed by atoms with E-state index in [1.165, 1.54) is 0 Å². The Morgan fingerprint density at radius 1 is 1.24 bits per heavy atom. The molecule has 2 aromatic rings. The molecule has 0 bridgehead atoms. The van der Waals surface area contributed by atoms with Crippen LogP contribution in [0.4, 0.5) is 14.7 Å². The summed E-state index contributed by atoms with van der Waals surface area (Å²) in [5.74, 6) is -4.26. The van der Waals surface area contributed by atoms with Crippen LogP contribution in [0.15, 0.2) is 11.1 Å². The van der Waals surface area contributed by atoms with Gasteiger partial charge in [0.15, 0.2) is 16.9 Å². The molecule has 2 heterocycles. The maximum Gasteiger partial charge on any atom is 0.490 e. The number of methoxy groups -OCH3 is 1. The summed E-state index contributed by atoms with van der Waals surface area (Å²) in [7, 11) is -16.9. The van der Waals surface area contributed by atoms with Crippen molar-refractivity contribution in [3.63, 3.8) is 0 Å². The lowest BCUT2D eigenvalue weighted by Gasteiger charge is -2.36. The van der Waals surface area contributed by atoms with Crippen molar-refractivity contribution < 1.29 is 65.0 Å². The Hall–Kier alpha value is -1.66. The van der Waals surface area contributed by atoms with Crippen LogP contribution in [0.3, 0.4) is 0 Å². The van der Waals surface area contributed by atoms with E-state index in [0.29, 0.717) is 24.9 Å². The minimum absolute atomic E-state index is 0.420. The topological polar surface area (TPSA) is 279 Å². The number of halogens is 2. The van der Waals surface area contributed by atoms with E-state index in [1.54, 1.807) is 0 Å². The Morgan fingerprint density at radius 3 is 2.35 bits per heavy atom. The van der Waals surface area contributed by atoms with Gasteiger partial charge in [0.05, 0.1) is 6.33 Å². The van der Waals surface area contributed by atoms with Crippen LogP contribution in [0.2, 0.25) is 0 Å². The van der Waals surface area contributed by atoms with Gasteiger partial charge in [-0.25, -0.2) is 27.5 Å². The molecule has 18 nitrogen and oxygen atoms in total. The molecule has 23 heteroatoms. The highest BCUT2D eigenvalue weighted by atomic mass is 31.3. The highest BCUT2D eigenvalue weighted by Gasteiger charge is 2.54. The number of nitrogens with one attached hydrogen (secondary N) is 1. The van der Waals surface area contributed by atoms with Gasteiger partial charge in [-0.2, -0.15) is 13.6 Å². The van der Waals surface area contributed by atoms with Crippen molar-refractivity contribution in [1.82, 2.24) is 19.5 Å². The SMILES string of the molecule is CO[C@](F)(COP(=O)(O)OP(=O)(O)OP(=O)(O)O)[C@@H](F)[C@@](C)(O)n1cnc2c(=O)[nH]c(N)nc21. The molecule has 0 fully saturated rings. The van der Waals surface area contributed by atoms with Crippen LogP contribution in [0.25, 0.3) is 11.2 Å². The molecule has 194 valence electrons. The van der Waals surface area contributed by atoms with Gasteiger partial charge in [0, 0.05) is 7.11 Å². The number of nitrogens with zero attached hydrogens (tertiary/aromatic N) is 3. The number of anilines is 1. The van der Waals surface area contributed by atoms with Crippen molar-refractivity contribution in [3.05, 3.63) is 16.7 Å². The molecule has 0 aliphatic carbocycles. The second-order valence-corrected chi connectivity index (χ2v) is 11.0. The normalized spacial score (nSPS) is 20.7. The number of hydrogen-bond acceptors (Lipinski definition) is 12. The van der Waals surface area contributed by atoms with Crippen LogP contribution >= 0.6 is 23.5 Å². The molecule has 0 amide bonds. The lowest BCUT2D eigenvalue weighted by Crippen LogP contribution is -2.54. The van der Waals surface area contributed by atoms with Gasteiger partial charge in [-0.1, -0.05) is 0 Å². The first-order valence-electron chi connectivity index (χ1n) is 8.35. The molecular weight excluding hydrogens is 541 g/mol. The molecule has 5 atom stereocenters. The second-order valence-electron chi connectivity index (χ2n) is 6.55. The van der Waals surface area contributed by atoms with E-state index in [9.17, 15) is 28.5 Å². The maximum atomic E-state index is 15.2. The summed E-state index contributed by atoms with van der Waals surface area (Å²) in [6.45, 7) is -1.22. The number of fused-ring (bicyclic) bond motifs is 1. The minimum Gasteiger partial charge on any atom is -0.369 e. The molecule has 0 aromatic carbocycles. The molecule has 2 rings (SSSR count). The van der Waals surface area contributed by atoms with Gasteiger partial charge in [0.25, 0.3) is 11.4 Å². The summed E-state index contributed by atoms with van der Waals surface area (Å²) < 4.78 is 79.8. The number of ether oxygens (including phenoxy) is 1. The number of nitrogen functional groups attached to an aromatic ring is 1. The summed E-state index contributed by atoms with van der Waals surface area (Å²) in [5.41, 5.74) is 0.629. The number of aromatic nitrogens is 4. The number of hydrogen-bond donors (Lipinski definition) is 7. The third-order valence-electron chi connectivity index (χ3n) is 3.95. The monoisotopic (exact) mass is 559 g/mol. The van der Waals surface area contributed by atoms with Gasteiger partial charge in [0.2, 0.25) is 12.1 Å². The Balaban J connectivity index is 2.30. The van der Waals surface area contributed by atoms with Gasteiger partial charge in [-0.3, -0.25) is 18.9 Å². The zero-order valence-corrected chi connectivity index (χ0v) is 19.6. The number of nitrogens with two attached hydrogens (primary N) is 1. The standard InChI is InChI=1S/C11H18F2N5O13P3/c1-10(20,18-4-15-5-6(18)16-9(14)17-7(5)19)8(12)11(13,28-2)3-29-33(24,25)31-34(26,27)30-32(21,22)23/h4,8,20H,3H2,1-2H3,(H,24,25)(H,26,27)(H2,21,22,23)(H3,14,16,17,19)/t8-,10+,11+/m0/s1. The van der Waals surface area contributed by atoms with Crippen LogP contribution in [0, 0.1) is 0 Å². The summed E-state index contributed by atoms with van der Waals surface area (Å²) in [5, 5.41) is 10.7. The second kappa shape index (κ2) is 9.42. The molecule has 0 aliphatic heterocycles. The zero-order valence-electron chi connectivity index (χ0n) is 16.9. The zero-order chi connectivity index (χ0) is 26.3. The Kier molecular flexibility index (Phi) is 7.92. The fourth-order valence-corrected chi connectivity index (χ4v) is 5.53. The van der Waals surface area contributed by atoms with Crippen molar-refractivity contribution >= 4 is 40.6 Å². The highest BCUT2D eigenvalue weighted by Crippen LogP contribution is 2.66. The molecule has 34 heavy (non-hydrogen) atoms. The first-order valence-corrected chi connectivity index (χ1v) is 12.9. The Labute approximate surface area is 186 Å². The average Bonchev–Trinajstić information content (AvgIpc) is 3.07. The molecule has 0 aliphatic rings. The molecule has 2 aromatic heterocycles.